The van der Waals surface area contributed by atoms with Crippen LogP contribution in [0.25, 0.3) is 11.3 Å². The van der Waals surface area contributed by atoms with Gasteiger partial charge < -0.3 is 4.74 Å². The van der Waals surface area contributed by atoms with Crippen LogP contribution in [0.1, 0.15) is 5.56 Å². The second kappa shape index (κ2) is 4.71. The van der Waals surface area contributed by atoms with Gasteiger partial charge >= 0.3 is 0 Å². The van der Waals surface area contributed by atoms with Crippen molar-refractivity contribution in [2.75, 3.05) is 7.11 Å². The first-order valence-electron chi connectivity index (χ1n) is 4.89. The molecule has 15 heavy (non-hydrogen) atoms. The molecule has 1 heterocycles. The molecule has 2 heteroatoms. The van der Waals surface area contributed by atoms with Crippen LogP contribution in [-0.4, -0.2) is 12.1 Å². The van der Waals surface area contributed by atoms with Crippen molar-refractivity contribution >= 4 is 0 Å². The van der Waals surface area contributed by atoms with Gasteiger partial charge in [0.2, 0.25) is 0 Å². The standard InChI is InChI=1S/C13H13NO/c1-15-10-11-5-7-12(8-6-11)13-4-2-3-9-14-13/h2-9H,10H2,1H3. The Morgan fingerprint density at radius 1 is 1.07 bits per heavy atom. The molecule has 0 aliphatic carbocycles. The van der Waals surface area contributed by atoms with Crippen molar-refractivity contribution in [2.24, 2.45) is 0 Å². The molecule has 0 atom stereocenters. The van der Waals surface area contributed by atoms with Crippen LogP contribution in [0.3, 0.4) is 0 Å². The molecule has 1 aromatic heterocycles. The van der Waals surface area contributed by atoms with Crippen LogP contribution in [-0.2, 0) is 11.3 Å². The van der Waals surface area contributed by atoms with E-state index in [0.29, 0.717) is 6.61 Å². The van der Waals surface area contributed by atoms with Gasteiger partial charge in [0.1, 0.15) is 0 Å². The number of hydrogen-bond acceptors (Lipinski definition) is 2. The van der Waals surface area contributed by atoms with Gasteiger partial charge in [-0.3, -0.25) is 4.98 Å². The third-order valence-electron chi connectivity index (χ3n) is 2.23. The maximum Gasteiger partial charge on any atom is 0.0713 e. The van der Waals surface area contributed by atoms with Gasteiger partial charge in [-0.15, -0.1) is 0 Å². The van der Waals surface area contributed by atoms with Crippen LogP contribution in [0.4, 0.5) is 0 Å². The van der Waals surface area contributed by atoms with Crippen molar-refractivity contribution in [2.45, 2.75) is 6.61 Å². The zero-order chi connectivity index (χ0) is 10.5. The van der Waals surface area contributed by atoms with Crippen molar-refractivity contribution in [3.05, 3.63) is 54.2 Å². The lowest BCUT2D eigenvalue weighted by atomic mass is 10.1. The maximum atomic E-state index is 5.06. The first kappa shape index (κ1) is 9.87. The molecule has 1 aromatic carbocycles. The molecule has 2 aromatic rings. The Morgan fingerprint density at radius 2 is 1.87 bits per heavy atom. The Balaban J connectivity index is 2.24. The molecular formula is C13H13NO. The second-order valence-electron chi connectivity index (χ2n) is 3.34. The predicted molar refractivity (Wildman–Crippen MR) is 60.4 cm³/mol. The predicted octanol–water partition coefficient (Wildman–Crippen LogP) is 2.90. The average molecular weight is 199 g/mol. The monoisotopic (exact) mass is 199 g/mol. The maximum absolute atomic E-state index is 5.06. The highest BCUT2D eigenvalue weighted by atomic mass is 16.5. The summed E-state index contributed by atoms with van der Waals surface area (Å²) in [7, 11) is 1.70. The van der Waals surface area contributed by atoms with Gasteiger partial charge in [-0.1, -0.05) is 30.3 Å². The number of rotatable bonds is 3. The molecule has 0 bridgehead atoms. The van der Waals surface area contributed by atoms with Crippen LogP contribution in [0, 0.1) is 0 Å². The van der Waals surface area contributed by atoms with E-state index in [1.807, 2.05) is 18.2 Å². The first-order valence-corrected chi connectivity index (χ1v) is 4.89. The summed E-state index contributed by atoms with van der Waals surface area (Å²) >= 11 is 0. The average Bonchev–Trinajstić information content (AvgIpc) is 2.32. The molecule has 0 amide bonds. The summed E-state index contributed by atoms with van der Waals surface area (Å²) in [6, 6.07) is 14.2. The third-order valence-corrected chi connectivity index (χ3v) is 2.23. The van der Waals surface area contributed by atoms with E-state index in [1.165, 1.54) is 5.56 Å². The van der Waals surface area contributed by atoms with Crippen molar-refractivity contribution in [1.29, 1.82) is 0 Å². The van der Waals surface area contributed by atoms with Gasteiger partial charge in [0, 0.05) is 18.9 Å². The fourth-order valence-electron chi connectivity index (χ4n) is 1.47. The summed E-state index contributed by atoms with van der Waals surface area (Å²) in [5.41, 5.74) is 3.31. The molecule has 2 rings (SSSR count). The topological polar surface area (TPSA) is 22.1 Å². The van der Waals surface area contributed by atoms with Crippen molar-refractivity contribution in [1.82, 2.24) is 4.98 Å². The molecule has 0 saturated heterocycles. The highest BCUT2D eigenvalue weighted by Gasteiger charge is 1.97. The first-order chi connectivity index (χ1) is 7.40. The highest BCUT2D eigenvalue weighted by Crippen LogP contribution is 2.16. The van der Waals surface area contributed by atoms with Crippen LogP contribution >= 0.6 is 0 Å². The van der Waals surface area contributed by atoms with Gasteiger partial charge in [-0.05, 0) is 17.7 Å². The summed E-state index contributed by atoms with van der Waals surface area (Å²) in [4.78, 5) is 4.29. The number of aromatic nitrogens is 1. The minimum Gasteiger partial charge on any atom is -0.380 e. The molecule has 0 radical (unpaired) electrons. The van der Waals surface area contributed by atoms with Crippen molar-refractivity contribution < 1.29 is 4.74 Å². The number of nitrogens with zero attached hydrogens (tertiary/aromatic N) is 1. The molecular weight excluding hydrogens is 186 g/mol. The van der Waals surface area contributed by atoms with Crippen molar-refractivity contribution in [3.63, 3.8) is 0 Å². The van der Waals surface area contributed by atoms with Gasteiger partial charge in [-0.25, -0.2) is 0 Å². The largest absolute Gasteiger partial charge is 0.380 e. The van der Waals surface area contributed by atoms with E-state index in [1.54, 1.807) is 13.3 Å². The summed E-state index contributed by atoms with van der Waals surface area (Å²) in [5.74, 6) is 0. The smallest absolute Gasteiger partial charge is 0.0713 e. The summed E-state index contributed by atoms with van der Waals surface area (Å²) in [6.07, 6.45) is 1.80. The number of hydrogen-bond donors (Lipinski definition) is 0. The van der Waals surface area contributed by atoms with E-state index in [2.05, 4.69) is 29.2 Å². The Hall–Kier alpha value is -1.67. The Labute approximate surface area is 89.6 Å². The molecule has 0 saturated carbocycles. The highest BCUT2D eigenvalue weighted by molar-refractivity contribution is 5.58. The summed E-state index contributed by atoms with van der Waals surface area (Å²) in [6.45, 7) is 0.655. The van der Waals surface area contributed by atoms with E-state index < -0.39 is 0 Å². The molecule has 76 valence electrons. The lowest BCUT2D eigenvalue weighted by Crippen LogP contribution is -1.87. The quantitative estimate of drug-likeness (QED) is 0.758. The fourth-order valence-corrected chi connectivity index (χ4v) is 1.47. The van der Waals surface area contributed by atoms with Gasteiger partial charge in [0.25, 0.3) is 0 Å². The normalized spacial score (nSPS) is 10.2. The molecule has 0 N–H and O–H groups in total. The van der Waals surface area contributed by atoms with Crippen LogP contribution in [0.5, 0.6) is 0 Å². The SMILES string of the molecule is COCc1ccc(-c2ccccn2)cc1. The second-order valence-corrected chi connectivity index (χ2v) is 3.34. The Bertz CT molecular complexity index is 408. The van der Waals surface area contributed by atoms with E-state index >= 15 is 0 Å². The van der Waals surface area contributed by atoms with E-state index in [-0.39, 0.29) is 0 Å². The molecule has 0 aliphatic heterocycles. The number of methoxy groups -OCH3 is 1. The van der Waals surface area contributed by atoms with Crippen LogP contribution in [0.15, 0.2) is 48.7 Å². The Kier molecular flexibility index (Phi) is 3.10. The number of pyridine rings is 1. The molecule has 0 spiro atoms. The third kappa shape index (κ3) is 2.42. The summed E-state index contributed by atoms with van der Waals surface area (Å²) in [5, 5.41) is 0. The molecule has 0 fully saturated rings. The number of ether oxygens (including phenoxy) is 1. The minimum atomic E-state index is 0.655. The summed E-state index contributed by atoms with van der Waals surface area (Å²) < 4.78 is 5.06. The van der Waals surface area contributed by atoms with E-state index in [0.717, 1.165) is 11.3 Å². The molecule has 0 aliphatic rings. The zero-order valence-corrected chi connectivity index (χ0v) is 8.68. The number of benzene rings is 1. The van der Waals surface area contributed by atoms with Crippen LogP contribution in [0.2, 0.25) is 0 Å². The minimum absolute atomic E-state index is 0.655. The van der Waals surface area contributed by atoms with E-state index in [4.69, 9.17) is 4.74 Å². The zero-order valence-electron chi connectivity index (χ0n) is 8.68. The van der Waals surface area contributed by atoms with Crippen molar-refractivity contribution in [3.8, 4) is 11.3 Å². The van der Waals surface area contributed by atoms with Gasteiger partial charge in [0.15, 0.2) is 0 Å². The lowest BCUT2D eigenvalue weighted by molar-refractivity contribution is 0.185. The fraction of sp³-hybridized carbons (Fsp3) is 0.154. The molecule has 0 unspecified atom stereocenters. The van der Waals surface area contributed by atoms with Crippen LogP contribution < -0.4 is 0 Å². The Morgan fingerprint density at radius 3 is 2.47 bits per heavy atom. The van der Waals surface area contributed by atoms with Gasteiger partial charge in [-0.2, -0.15) is 0 Å². The van der Waals surface area contributed by atoms with Gasteiger partial charge in [0.05, 0.1) is 12.3 Å². The molecule has 2 nitrogen and oxygen atoms in total. The lowest BCUT2D eigenvalue weighted by Gasteiger charge is -2.02. The van der Waals surface area contributed by atoms with E-state index in [9.17, 15) is 0 Å².